The summed E-state index contributed by atoms with van der Waals surface area (Å²) < 4.78 is 5.46. The molecule has 2 atom stereocenters. The number of aromatic amines is 1. The summed E-state index contributed by atoms with van der Waals surface area (Å²) in [6.07, 6.45) is 6.02. The Bertz CT molecular complexity index is 408. The Hall–Kier alpha value is -0.910. The van der Waals surface area contributed by atoms with Gasteiger partial charge in [0.2, 0.25) is 0 Å². The predicted molar refractivity (Wildman–Crippen MR) is 73.9 cm³/mol. The van der Waals surface area contributed by atoms with Crippen LogP contribution >= 0.6 is 0 Å². The quantitative estimate of drug-likeness (QED) is 0.849. The molecule has 1 aromatic heterocycles. The molecule has 1 aliphatic carbocycles. The maximum Gasteiger partial charge on any atom is 0.120 e. The van der Waals surface area contributed by atoms with Crippen LogP contribution in [0.5, 0.6) is 0 Å². The van der Waals surface area contributed by atoms with Gasteiger partial charge in [-0.15, -0.1) is 0 Å². The Kier molecular flexibility index (Phi) is 3.86. The summed E-state index contributed by atoms with van der Waals surface area (Å²) >= 11 is 0. The van der Waals surface area contributed by atoms with Gasteiger partial charge in [0.15, 0.2) is 0 Å². The molecule has 1 aliphatic heterocycles. The number of ether oxygens (including phenoxy) is 1. The molecule has 3 rings (SSSR count). The first-order valence-electron chi connectivity index (χ1n) is 7.33. The van der Waals surface area contributed by atoms with E-state index in [1.54, 1.807) is 7.11 Å². The highest BCUT2D eigenvalue weighted by Gasteiger charge is 2.27. The van der Waals surface area contributed by atoms with Crippen molar-refractivity contribution in [1.29, 1.82) is 0 Å². The van der Waals surface area contributed by atoms with E-state index >= 15 is 0 Å². The third kappa shape index (κ3) is 2.83. The lowest BCUT2D eigenvalue weighted by Crippen LogP contribution is -2.51. The van der Waals surface area contributed by atoms with E-state index in [0.717, 1.165) is 44.7 Å². The lowest BCUT2D eigenvalue weighted by molar-refractivity contribution is 0.0133. The second-order valence-corrected chi connectivity index (χ2v) is 5.78. The molecule has 0 unspecified atom stereocenters. The molecule has 1 saturated heterocycles. The van der Waals surface area contributed by atoms with Gasteiger partial charge in [-0.25, -0.2) is 4.98 Å². The molecule has 2 aliphatic rings. The summed E-state index contributed by atoms with van der Waals surface area (Å²) in [4.78, 5) is 10.6. The van der Waals surface area contributed by atoms with Crippen LogP contribution in [0.25, 0.3) is 0 Å². The number of aromatic nitrogens is 2. The molecule has 0 amide bonds. The average molecular weight is 264 g/mol. The molecule has 1 aromatic rings. The van der Waals surface area contributed by atoms with E-state index in [1.165, 1.54) is 24.2 Å². The first-order chi connectivity index (χ1) is 9.26. The van der Waals surface area contributed by atoms with Crippen molar-refractivity contribution in [2.75, 3.05) is 20.2 Å². The number of likely N-dealkylation sites (tertiary alicyclic amines) is 1. The summed E-state index contributed by atoms with van der Waals surface area (Å²) in [5.41, 5.74) is 8.70. The topological polar surface area (TPSA) is 67.2 Å². The van der Waals surface area contributed by atoms with Crippen molar-refractivity contribution < 1.29 is 4.74 Å². The van der Waals surface area contributed by atoms with Gasteiger partial charge in [-0.05, 0) is 32.1 Å². The van der Waals surface area contributed by atoms with Gasteiger partial charge in [0.1, 0.15) is 5.82 Å². The molecule has 5 heteroatoms. The lowest BCUT2D eigenvalue weighted by Gasteiger charge is -2.35. The van der Waals surface area contributed by atoms with Gasteiger partial charge in [-0.2, -0.15) is 0 Å². The minimum Gasteiger partial charge on any atom is -0.379 e. The number of nitrogens with two attached hydrogens (primary N) is 1. The smallest absolute Gasteiger partial charge is 0.120 e. The number of imidazole rings is 1. The number of nitrogens with one attached hydrogen (secondary N) is 1. The summed E-state index contributed by atoms with van der Waals surface area (Å²) in [6.45, 7) is 2.83. The second kappa shape index (κ2) is 5.61. The fourth-order valence-corrected chi connectivity index (χ4v) is 3.19. The van der Waals surface area contributed by atoms with E-state index in [-0.39, 0.29) is 12.1 Å². The zero-order chi connectivity index (χ0) is 13.2. The van der Waals surface area contributed by atoms with Crippen molar-refractivity contribution in [3.05, 3.63) is 17.2 Å². The van der Waals surface area contributed by atoms with E-state index in [2.05, 4.69) is 9.88 Å². The van der Waals surface area contributed by atoms with Gasteiger partial charge in [0, 0.05) is 31.9 Å². The minimum absolute atomic E-state index is 0.151. The molecule has 0 aromatic carbocycles. The molecule has 5 nitrogen and oxygen atoms in total. The summed E-state index contributed by atoms with van der Waals surface area (Å²) in [7, 11) is 1.75. The first-order valence-corrected chi connectivity index (χ1v) is 7.33. The van der Waals surface area contributed by atoms with E-state index in [4.69, 9.17) is 15.5 Å². The highest BCUT2D eigenvalue weighted by molar-refractivity contribution is 5.17. The van der Waals surface area contributed by atoms with E-state index < -0.39 is 0 Å². The zero-order valence-corrected chi connectivity index (χ0v) is 11.7. The lowest BCUT2D eigenvalue weighted by atomic mass is 10.0. The number of rotatable bonds is 3. The molecule has 19 heavy (non-hydrogen) atoms. The highest BCUT2D eigenvalue weighted by atomic mass is 16.5. The Balaban J connectivity index is 1.63. The number of fused-ring (bicyclic) bond motifs is 1. The molecule has 0 saturated carbocycles. The molecule has 3 N–H and O–H groups in total. The third-order valence-electron chi connectivity index (χ3n) is 4.37. The monoisotopic (exact) mass is 264 g/mol. The van der Waals surface area contributed by atoms with Gasteiger partial charge >= 0.3 is 0 Å². The number of H-pyrrole nitrogens is 1. The number of hydrogen-bond donors (Lipinski definition) is 2. The minimum atomic E-state index is 0.151. The average Bonchev–Trinajstić information content (AvgIpc) is 2.83. The molecule has 2 heterocycles. The number of methoxy groups -OCH3 is 1. The molecule has 0 radical (unpaired) electrons. The van der Waals surface area contributed by atoms with Crippen LogP contribution in [0.2, 0.25) is 0 Å². The van der Waals surface area contributed by atoms with Crippen molar-refractivity contribution in [3.8, 4) is 0 Å². The van der Waals surface area contributed by atoms with E-state index in [9.17, 15) is 0 Å². The largest absolute Gasteiger partial charge is 0.379 e. The van der Waals surface area contributed by atoms with Gasteiger partial charge in [-0.3, -0.25) is 4.90 Å². The van der Waals surface area contributed by atoms with Crippen molar-refractivity contribution in [3.63, 3.8) is 0 Å². The standard InChI is InChI=1S/C14H24N4O/c1-19-13-8-18(7-6-10(13)15)9-14-16-11-4-2-3-5-12(11)17-14/h10,13H,2-9,15H2,1H3,(H,16,17)/t10-,13+/m0/s1. The van der Waals surface area contributed by atoms with E-state index in [1.807, 2.05) is 0 Å². The number of nitrogens with zero attached hydrogens (tertiary/aromatic N) is 2. The number of hydrogen-bond acceptors (Lipinski definition) is 4. The first kappa shape index (κ1) is 13.1. The van der Waals surface area contributed by atoms with E-state index in [0.29, 0.717) is 0 Å². The molecule has 106 valence electrons. The Labute approximate surface area is 114 Å². The van der Waals surface area contributed by atoms with Crippen molar-refractivity contribution >= 4 is 0 Å². The van der Waals surface area contributed by atoms with Crippen LogP contribution in [-0.2, 0) is 24.1 Å². The SMILES string of the molecule is CO[C@@H]1CN(Cc2nc3c([nH]2)CCCC3)CC[C@@H]1N. The van der Waals surface area contributed by atoms with Crippen LogP contribution in [0.1, 0.15) is 36.5 Å². The Morgan fingerprint density at radius 2 is 2.26 bits per heavy atom. The van der Waals surface area contributed by atoms with Crippen LogP contribution in [-0.4, -0.2) is 47.2 Å². The summed E-state index contributed by atoms with van der Waals surface area (Å²) in [5, 5.41) is 0. The fourth-order valence-electron chi connectivity index (χ4n) is 3.19. The molecule has 0 spiro atoms. The zero-order valence-electron chi connectivity index (χ0n) is 11.7. The van der Waals surface area contributed by atoms with Gasteiger partial charge in [-0.1, -0.05) is 0 Å². The molecule has 1 fully saturated rings. The normalized spacial score (nSPS) is 28.3. The predicted octanol–water partition coefficient (Wildman–Crippen LogP) is 0.836. The third-order valence-corrected chi connectivity index (χ3v) is 4.37. The highest BCUT2D eigenvalue weighted by Crippen LogP contribution is 2.20. The van der Waals surface area contributed by atoms with Gasteiger partial charge < -0.3 is 15.5 Å². The number of aryl methyl sites for hydroxylation is 2. The number of piperidine rings is 1. The van der Waals surface area contributed by atoms with Crippen molar-refractivity contribution in [2.45, 2.75) is 50.8 Å². The van der Waals surface area contributed by atoms with Crippen LogP contribution < -0.4 is 5.73 Å². The maximum atomic E-state index is 6.05. The van der Waals surface area contributed by atoms with Crippen molar-refractivity contribution in [2.24, 2.45) is 5.73 Å². The second-order valence-electron chi connectivity index (χ2n) is 5.78. The fraction of sp³-hybridized carbons (Fsp3) is 0.786. The van der Waals surface area contributed by atoms with Crippen LogP contribution in [0.15, 0.2) is 0 Å². The summed E-state index contributed by atoms with van der Waals surface area (Å²) in [6, 6.07) is 0.172. The molecular formula is C14H24N4O. The van der Waals surface area contributed by atoms with Crippen LogP contribution in [0.4, 0.5) is 0 Å². The van der Waals surface area contributed by atoms with Gasteiger partial charge in [0.05, 0.1) is 18.3 Å². The summed E-state index contributed by atoms with van der Waals surface area (Å²) in [5.74, 6) is 1.11. The van der Waals surface area contributed by atoms with Crippen molar-refractivity contribution in [1.82, 2.24) is 14.9 Å². The van der Waals surface area contributed by atoms with Gasteiger partial charge in [0.25, 0.3) is 0 Å². The molecule has 0 bridgehead atoms. The maximum absolute atomic E-state index is 6.05. The van der Waals surface area contributed by atoms with Crippen LogP contribution in [0, 0.1) is 0 Å². The molecular weight excluding hydrogens is 240 g/mol. The Morgan fingerprint density at radius 1 is 1.42 bits per heavy atom. The van der Waals surface area contributed by atoms with Crippen LogP contribution in [0.3, 0.4) is 0 Å². The Morgan fingerprint density at radius 3 is 3.05 bits per heavy atom.